The number of morpholine rings is 1. The van der Waals surface area contributed by atoms with Gasteiger partial charge in [-0.1, -0.05) is 0 Å². The number of amides is 2. The minimum Gasteiger partial charge on any atom is -0.377 e. The standard InChI is InChI=1S/C20H26FN5O4S/c1-13-10-30-9-8-26(13)19-16-11-31(28,29)12-17(16)24-18(25-19)14-2-4-15(5-3-14)23-20(27)22-7-6-21/h2-5,13,28-29H,6-12H2,1H3,(H2,22,23,27). The fourth-order valence-corrected chi connectivity index (χ4v) is 5.27. The van der Waals surface area contributed by atoms with Crippen molar-refractivity contribution in [3.05, 3.63) is 35.5 Å². The summed E-state index contributed by atoms with van der Waals surface area (Å²) in [6, 6.07) is 6.63. The molecule has 0 aliphatic carbocycles. The third kappa shape index (κ3) is 4.90. The number of halogens is 1. The van der Waals surface area contributed by atoms with Gasteiger partial charge in [0.1, 0.15) is 12.5 Å². The summed E-state index contributed by atoms with van der Waals surface area (Å²) in [6.07, 6.45) is 0. The summed E-state index contributed by atoms with van der Waals surface area (Å²) in [5, 5.41) is 5.03. The first-order chi connectivity index (χ1) is 14.9. The molecule has 2 aromatic rings. The van der Waals surface area contributed by atoms with Crippen LogP contribution in [0, 0.1) is 0 Å². The van der Waals surface area contributed by atoms with Crippen LogP contribution in [-0.4, -0.2) is 64.1 Å². The Balaban J connectivity index is 1.63. The Hall–Kier alpha value is -2.47. The molecule has 1 fully saturated rings. The summed E-state index contributed by atoms with van der Waals surface area (Å²) in [6.45, 7) is 3.20. The van der Waals surface area contributed by atoms with Crippen molar-refractivity contribution < 1.29 is 23.0 Å². The Morgan fingerprint density at radius 2 is 2.06 bits per heavy atom. The van der Waals surface area contributed by atoms with Crippen LogP contribution in [0.15, 0.2) is 24.3 Å². The lowest BCUT2D eigenvalue weighted by atomic mass is 10.1. The van der Waals surface area contributed by atoms with E-state index in [4.69, 9.17) is 9.72 Å². The molecule has 168 valence electrons. The fourth-order valence-electron chi connectivity index (χ4n) is 3.73. The van der Waals surface area contributed by atoms with Crippen molar-refractivity contribution in [3.63, 3.8) is 0 Å². The largest absolute Gasteiger partial charge is 0.377 e. The number of benzene rings is 1. The van der Waals surface area contributed by atoms with E-state index in [2.05, 4.69) is 27.4 Å². The van der Waals surface area contributed by atoms with Crippen LogP contribution in [0.5, 0.6) is 0 Å². The Morgan fingerprint density at radius 3 is 2.77 bits per heavy atom. The van der Waals surface area contributed by atoms with E-state index >= 15 is 0 Å². The summed E-state index contributed by atoms with van der Waals surface area (Å²) >= 11 is 0. The molecule has 0 bridgehead atoms. The molecule has 1 atom stereocenters. The highest BCUT2D eigenvalue weighted by Crippen LogP contribution is 2.54. The molecule has 4 rings (SSSR count). The van der Waals surface area contributed by atoms with Crippen LogP contribution >= 0.6 is 10.6 Å². The summed E-state index contributed by atoms with van der Waals surface area (Å²) in [5.41, 5.74) is 2.74. The lowest BCUT2D eigenvalue weighted by Gasteiger charge is -2.35. The first kappa shape index (κ1) is 21.8. The summed E-state index contributed by atoms with van der Waals surface area (Å²) < 4.78 is 38.3. The molecule has 1 aromatic carbocycles. The van der Waals surface area contributed by atoms with Crippen LogP contribution in [0.25, 0.3) is 11.4 Å². The zero-order valence-electron chi connectivity index (χ0n) is 17.2. The summed E-state index contributed by atoms with van der Waals surface area (Å²) in [5.74, 6) is 1.50. The van der Waals surface area contributed by atoms with Gasteiger partial charge in [-0.05, 0) is 31.2 Å². The Bertz CT molecular complexity index is 959. The summed E-state index contributed by atoms with van der Waals surface area (Å²) in [4.78, 5) is 23.2. The molecule has 0 radical (unpaired) electrons. The molecular formula is C20H26FN5O4S. The Morgan fingerprint density at radius 1 is 1.29 bits per heavy atom. The van der Waals surface area contributed by atoms with E-state index in [1.54, 1.807) is 24.3 Å². The first-order valence-electron chi connectivity index (χ1n) is 10.1. The van der Waals surface area contributed by atoms with Gasteiger partial charge in [0.2, 0.25) is 0 Å². The van der Waals surface area contributed by atoms with Gasteiger partial charge in [0.05, 0.1) is 36.5 Å². The number of fused-ring (bicyclic) bond motifs is 1. The third-order valence-corrected chi connectivity index (χ3v) is 6.72. The number of hydrogen-bond acceptors (Lipinski definition) is 7. The predicted molar refractivity (Wildman–Crippen MR) is 118 cm³/mol. The molecule has 11 heteroatoms. The lowest BCUT2D eigenvalue weighted by molar-refractivity contribution is 0.0984. The van der Waals surface area contributed by atoms with Gasteiger partial charge in [0, 0.05) is 29.9 Å². The van der Waals surface area contributed by atoms with E-state index in [1.807, 2.05) is 0 Å². The van der Waals surface area contributed by atoms with E-state index in [-0.39, 0.29) is 24.1 Å². The molecule has 1 saturated heterocycles. The molecule has 4 N–H and O–H groups in total. The number of rotatable bonds is 5. The number of nitrogens with zero attached hydrogens (tertiary/aromatic N) is 3. The normalized spacial score (nSPS) is 20.8. The number of hydrogen-bond donors (Lipinski definition) is 4. The molecule has 1 unspecified atom stereocenters. The van der Waals surface area contributed by atoms with Crippen LogP contribution in [0.4, 0.5) is 20.7 Å². The van der Waals surface area contributed by atoms with Gasteiger partial charge in [0.15, 0.2) is 5.82 Å². The monoisotopic (exact) mass is 451 g/mol. The lowest BCUT2D eigenvalue weighted by Crippen LogP contribution is -2.44. The number of aromatic nitrogens is 2. The number of carbonyl (C=O) groups is 1. The Labute approximate surface area is 181 Å². The van der Waals surface area contributed by atoms with E-state index in [0.717, 1.165) is 16.9 Å². The van der Waals surface area contributed by atoms with Crippen LogP contribution in [0.2, 0.25) is 0 Å². The minimum absolute atomic E-state index is 0.0468. The van der Waals surface area contributed by atoms with Crippen molar-refractivity contribution in [1.82, 2.24) is 15.3 Å². The number of ether oxygens (including phenoxy) is 1. The van der Waals surface area contributed by atoms with Crippen molar-refractivity contribution in [2.45, 2.75) is 24.5 Å². The second-order valence-corrected chi connectivity index (χ2v) is 9.83. The van der Waals surface area contributed by atoms with E-state index < -0.39 is 23.3 Å². The number of carbonyl (C=O) groups excluding carboxylic acids is 1. The maximum Gasteiger partial charge on any atom is 0.319 e. The van der Waals surface area contributed by atoms with Crippen molar-refractivity contribution in [3.8, 4) is 11.4 Å². The molecule has 0 spiro atoms. The van der Waals surface area contributed by atoms with Gasteiger partial charge in [-0.15, -0.1) is 0 Å². The molecule has 3 heterocycles. The van der Waals surface area contributed by atoms with Gasteiger partial charge in [-0.25, -0.2) is 19.2 Å². The SMILES string of the molecule is CC1COCCN1c1nc(-c2ccc(NC(=O)NCCF)cc2)nc2c1CS(O)(O)C2. The van der Waals surface area contributed by atoms with E-state index in [1.165, 1.54) is 0 Å². The maximum absolute atomic E-state index is 12.2. The fraction of sp³-hybridized carbons (Fsp3) is 0.450. The van der Waals surface area contributed by atoms with Crippen molar-refractivity contribution in [2.24, 2.45) is 0 Å². The maximum atomic E-state index is 12.2. The zero-order chi connectivity index (χ0) is 22.0. The number of alkyl halides is 1. The van der Waals surface area contributed by atoms with Gasteiger partial charge >= 0.3 is 6.03 Å². The smallest absolute Gasteiger partial charge is 0.319 e. The molecule has 2 amide bonds. The molecule has 31 heavy (non-hydrogen) atoms. The van der Waals surface area contributed by atoms with Crippen molar-refractivity contribution in [1.29, 1.82) is 0 Å². The highest BCUT2D eigenvalue weighted by Gasteiger charge is 2.34. The van der Waals surface area contributed by atoms with Gasteiger partial charge in [-0.3, -0.25) is 9.11 Å². The third-order valence-electron chi connectivity index (χ3n) is 5.24. The average molecular weight is 452 g/mol. The minimum atomic E-state index is -2.75. The van der Waals surface area contributed by atoms with Gasteiger partial charge < -0.3 is 20.3 Å². The van der Waals surface area contributed by atoms with Gasteiger partial charge in [-0.2, -0.15) is 10.6 Å². The number of urea groups is 1. The average Bonchev–Trinajstić information content (AvgIpc) is 3.06. The van der Waals surface area contributed by atoms with E-state index in [0.29, 0.717) is 37.0 Å². The molecule has 0 saturated carbocycles. The Kier molecular flexibility index (Phi) is 6.28. The van der Waals surface area contributed by atoms with Crippen LogP contribution in [-0.2, 0) is 16.2 Å². The molecule has 9 nitrogen and oxygen atoms in total. The van der Waals surface area contributed by atoms with Crippen LogP contribution < -0.4 is 15.5 Å². The highest BCUT2D eigenvalue weighted by molar-refractivity contribution is 8.23. The molecule has 2 aliphatic heterocycles. The van der Waals surface area contributed by atoms with E-state index in [9.17, 15) is 18.3 Å². The van der Waals surface area contributed by atoms with Gasteiger partial charge in [0.25, 0.3) is 0 Å². The predicted octanol–water partition coefficient (Wildman–Crippen LogP) is 3.22. The van der Waals surface area contributed by atoms with Crippen molar-refractivity contribution in [2.75, 3.05) is 43.2 Å². The second kappa shape index (κ2) is 8.95. The summed E-state index contributed by atoms with van der Waals surface area (Å²) in [7, 11) is -2.75. The molecule has 2 aliphatic rings. The zero-order valence-corrected chi connectivity index (χ0v) is 18.0. The molecular weight excluding hydrogens is 425 g/mol. The number of nitrogens with one attached hydrogen (secondary N) is 2. The van der Waals surface area contributed by atoms with Crippen LogP contribution in [0.3, 0.4) is 0 Å². The molecule has 1 aromatic heterocycles. The number of anilines is 2. The van der Waals surface area contributed by atoms with Crippen LogP contribution in [0.1, 0.15) is 18.2 Å². The quantitative estimate of drug-likeness (QED) is 0.551. The first-order valence-corrected chi connectivity index (χ1v) is 11.9. The van der Waals surface area contributed by atoms with Crippen molar-refractivity contribution >= 4 is 28.1 Å². The topological polar surface area (TPSA) is 120 Å². The highest BCUT2D eigenvalue weighted by atomic mass is 32.3. The second-order valence-electron chi connectivity index (χ2n) is 7.65.